The zero-order chi connectivity index (χ0) is 6.69. The fraction of sp³-hybridized carbons (Fsp3) is 0.143. The van der Waals surface area contributed by atoms with Gasteiger partial charge in [-0.2, -0.15) is 0 Å². The van der Waals surface area contributed by atoms with Gasteiger partial charge in [-0.15, -0.1) is 0 Å². The van der Waals surface area contributed by atoms with Gasteiger partial charge in [-0.25, -0.2) is 0 Å². The summed E-state index contributed by atoms with van der Waals surface area (Å²) in [6, 6.07) is 7.96. The van der Waals surface area contributed by atoms with Gasteiger partial charge in [0.1, 0.15) is 0 Å². The third kappa shape index (κ3) is 1.75. The third-order valence-corrected chi connectivity index (χ3v) is 1.79. The number of rotatable bonds is 1. The van der Waals surface area contributed by atoms with Crippen molar-refractivity contribution >= 4 is 20.9 Å². The van der Waals surface area contributed by atoms with Crippen LogP contribution in [0, 0.1) is 0 Å². The zero-order valence-corrected chi connectivity index (χ0v) is 7.32. The second-order valence-electron chi connectivity index (χ2n) is 1.73. The van der Waals surface area contributed by atoms with Crippen molar-refractivity contribution < 1.29 is 4.74 Å². The van der Waals surface area contributed by atoms with Gasteiger partial charge in [0.05, 0.1) is 0 Å². The Morgan fingerprint density at radius 1 is 1.22 bits per heavy atom. The summed E-state index contributed by atoms with van der Waals surface area (Å²) >= 11 is 2.06. The van der Waals surface area contributed by atoms with E-state index in [-0.39, 0.29) is 0 Å². The first-order chi connectivity index (χ1) is 4.33. The molecule has 0 aromatic heterocycles. The molecule has 9 heavy (non-hydrogen) atoms. The summed E-state index contributed by atoms with van der Waals surface area (Å²) in [5.74, 6) is 0.917. The molecule has 3 radical (unpaired) electrons. The van der Waals surface area contributed by atoms with E-state index in [4.69, 9.17) is 4.74 Å². The number of ether oxygens (including phenoxy) is 1. The molecule has 0 bridgehead atoms. The van der Waals surface area contributed by atoms with Gasteiger partial charge in [-0.3, -0.25) is 0 Å². The molecular formula is C7H7GeO. The minimum atomic E-state index is 0.917. The molecule has 1 aromatic rings. The van der Waals surface area contributed by atoms with Crippen LogP contribution in [0.15, 0.2) is 24.3 Å². The van der Waals surface area contributed by atoms with Gasteiger partial charge in [-0.05, 0) is 0 Å². The molecular weight excluding hydrogens is 173 g/mol. The molecule has 2 heteroatoms. The summed E-state index contributed by atoms with van der Waals surface area (Å²) in [6.45, 7) is 0. The van der Waals surface area contributed by atoms with Crippen LogP contribution in [0.4, 0.5) is 0 Å². The molecule has 0 heterocycles. The second-order valence-corrected chi connectivity index (χ2v) is 2.94. The van der Waals surface area contributed by atoms with Gasteiger partial charge in [0.15, 0.2) is 0 Å². The summed E-state index contributed by atoms with van der Waals surface area (Å²) < 4.78 is 6.23. The first kappa shape index (κ1) is 6.68. The van der Waals surface area contributed by atoms with Crippen LogP contribution >= 0.6 is 0 Å². The Hall–Kier alpha value is -0.437. The topological polar surface area (TPSA) is 9.23 Å². The molecule has 1 aromatic carbocycles. The monoisotopic (exact) mass is 181 g/mol. The predicted octanol–water partition coefficient (Wildman–Crippen LogP) is 0.489. The van der Waals surface area contributed by atoms with Crippen molar-refractivity contribution in [2.75, 3.05) is 7.11 Å². The molecule has 0 fully saturated rings. The molecule has 0 spiro atoms. The SMILES string of the molecule is COc1cc[c]([Ge])cc1. The molecule has 0 atom stereocenters. The molecule has 0 N–H and O–H groups in total. The van der Waals surface area contributed by atoms with Gasteiger partial charge >= 0.3 is 62.8 Å². The second kappa shape index (κ2) is 2.92. The van der Waals surface area contributed by atoms with Crippen molar-refractivity contribution in [1.82, 2.24) is 0 Å². The zero-order valence-electron chi connectivity index (χ0n) is 5.22. The number of hydrogen-bond donors (Lipinski definition) is 0. The van der Waals surface area contributed by atoms with E-state index in [1.807, 2.05) is 24.3 Å². The van der Waals surface area contributed by atoms with Crippen LogP contribution in [0.5, 0.6) is 5.75 Å². The Bertz CT molecular complexity index is 181. The summed E-state index contributed by atoms with van der Waals surface area (Å²) in [6.07, 6.45) is 0. The van der Waals surface area contributed by atoms with Crippen molar-refractivity contribution in [2.24, 2.45) is 0 Å². The molecule has 45 valence electrons. The van der Waals surface area contributed by atoms with Crippen molar-refractivity contribution in [1.29, 1.82) is 0 Å². The number of methoxy groups -OCH3 is 1. The molecule has 1 rings (SSSR count). The van der Waals surface area contributed by atoms with Gasteiger partial charge in [0.25, 0.3) is 0 Å². The Morgan fingerprint density at radius 3 is 2.22 bits per heavy atom. The molecule has 0 aliphatic rings. The van der Waals surface area contributed by atoms with Crippen LogP contribution in [-0.4, -0.2) is 23.6 Å². The average Bonchev–Trinajstić information content (AvgIpc) is 1.90. The summed E-state index contributed by atoms with van der Waals surface area (Å²) in [4.78, 5) is 0. The average molecular weight is 180 g/mol. The molecule has 0 aliphatic heterocycles. The molecule has 0 aliphatic carbocycles. The predicted molar refractivity (Wildman–Crippen MR) is 38.4 cm³/mol. The molecule has 0 saturated carbocycles. The van der Waals surface area contributed by atoms with Crippen molar-refractivity contribution in [3.63, 3.8) is 0 Å². The first-order valence-corrected chi connectivity index (χ1v) is 3.73. The molecule has 0 saturated heterocycles. The molecule has 1 nitrogen and oxygen atoms in total. The van der Waals surface area contributed by atoms with E-state index in [0.29, 0.717) is 0 Å². The standard InChI is InChI=1S/C7H7GeO/c1-9-7-4-2-6(8)3-5-7/h2-5H,1H3. The van der Waals surface area contributed by atoms with Crippen molar-refractivity contribution in [3.8, 4) is 5.75 Å². The van der Waals surface area contributed by atoms with Gasteiger partial charge in [0.2, 0.25) is 0 Å². The summed E-state index contributed by atoms with van der Waals surface area (Å²) in [7, 11) is 1.67. The van der Waals surface area contributed by atoms with Gasteiger partial charge in [-0.1, -0.05) is 0 Å². The fourth-order valence-electron chi connectivity index (χ4n) is 0.591. The van der Waals surface area contributed by atoms with Crippen LogP contribution in [0.2, 0.25) is 0 Å². The fourth-order valence-corrected chi connectivity index (χ4v) is 0.941. The maximum atomic E-state index is 4.97. The quantitative estimate of drug-likeness (QED) is 0.571. The van der Waals surface area contributed by atoms with E-state index in [9.17, 15) is 0 Å². The maximum absolute atomic E-state index is 4.97. The van der Waals surface area contributed by atoms with Crippen LogP contribution in [0.25, 0.3) is 0 Å². The van der Waals surface area contributed by atoms with E-state index in [0.717, 1.165) is 5.75 Å². The van der Waals surface area contributed by atoms with Crippen LogP contribution in [0.3, 0.4) is 0 Å². The van der Waals surface area contributed by atoms with E-state index in [2.05, 4.69) is 16.5 Å². The molecule has 0 amide bonds. The normalized spacial score (nSPS) is 9.11. The summed E-state index contributed by atoms with van der Waals surface area (Å²) in [5.41, 5.74) is 0. The van der Waals surface area contributed by atoms with Crippen LogP contribution < -0.4 is 9.13 Å². The Morgan fingerprint density at radius 2 is 1.78 bits per heavy atom. The Labute approximate surface area is 63.3 Å². The van der Waals surface area contributed by atoms with E-state index >= 15 is 0 Å². The van der Waals surface area contributed by atoms with Crippen LogP contribution in [-0.2, 0) is 0 Å². The van der Waals surface area contributed by atoms with Gasteiger partial charge < -0.3 is 0 Å². The minimum absolute atomic E-state index is 0.917. The van der Waals surface area contributed by atoms with E-state index in [1.165, 1.54) is 4.40 Å². The van der Waals surface area contributed by atoms with Crippen molar-refractivity contribution in [2.45, 2.75) is 0 Å². The molecule has 0 unspecified atom stereocenters. The van der Waals surface area contributed by atoms with Crippen LogP contribution in [0.1, 0.15) is 0 Å². The van der Waals surface area contributed by atoms with E-state index in [1.54, 1.807) is 7.11 Å². The Kier molecular flexibility index (Phi) is 2.17. The first-order valence-electron chi connectivity index (χ1n) is 2.68. The Balaban J connectivity index is 2.88. The summed E-state index contributed by atoms with van der Waals surface area (Å²) in [5, 5.41) is 0. The van der Waals surface area contributed by atoms with Crippen molar-refractivity contribution in [3.05, 3.63) is 24.3 Å². The number of benzene rings is 1. The van der Waals surface area contributed by atoms with E-state index < -0.39 is 0 Å². The third-order valence-electron chi connectivity index (χ3n) is 1.09. The number of hydrogen-bond acceptors (Lipinski definition) is 1. The van der Waals surface area contributed by atoms with Gasteiger partial charge in [0, 0.05) is 0 Å².